The molecule has 1 heterocycles. The number of aromatic nitrogens is 2. The molecule has 0 spiro atoms. The first-order valence-corrected chi connectivity index (χ1v) is 6.90. The molecule has 24 heavy (non-hydrogen) atoms. The number of aromatic carboxylic acids is 1. The van der Waals surface area contributed by atoms with Crippen LogP contribution < -0.4 is 0 Å². The lowest BCUT2D eigenvalue weighted by Gasteiger charge is -2.07. The predicted octanol–water partition coefficient (Wildman–Crippen LogP) is 4.26. The van der Waals surface area contributed by atoms with Gasteiger partial charge in [0.1, 0.15) is 0 Å². The van der Waals surface area contributed by atoms with Gasteiger partial charge in [-0.3, -0.25) is 0 Å². The van der Waals surface area contributed by atoms with Gasteiger partial charge in [-0.25, -0.2) is 9.48 Å². The van der Waals surface area contributed by atoms with Crippen LogP contribution in [0.3, 0.4) is 0 Å². The van der Waals surface area contributed by atoms with E-state index in [0.717, 1.165) is 12.1 Å². The SMILES string of the molecule is O=C(O)c1cccc(-c2cnn(-c3ccc(C(F)(F)F)cc3)c2)c1. The molecule has 0 bridgehead atoms. The molecule has 0 saturated carbocycles. The molecule has 0 aliphatic rings. The number of benzene rings is 2. The van der Waals surface area contributed by atoms with Crippen molar-refractivity contribution >= 4 is 5.97 Å². The molecule has 0 amide bonds. The molecule has 0 atom stereocenters. The monoisotopic (exact) mass is 332 g/mol. The maximum Gasteiger partial charge on any atom is 0.416 e. The zero-order chi connectivity index (χ0) is 17.3. The van der Waals surface area contributed by atoms with Crippen LogP contribution in [0.1, 0.15) is 15.9 Å². The summed E-state index contributed by atoms with van der Waals surface area (Å²) in [4.78, 5) is 11.0. The third-order valence-electron chi connectivity index (χ3n) is 3.48. The van der Waals surface area contributed by atoms with Gasteiger partial charge < -0.3 is 5.11 Å². The van der Waals surface area contributed by atoms with Gasteiger partial charge in [-0.05, 0) is 42.0 Å². The van der Waals surface area contributed by atoms with Crippen molar-refractivity contribution in [2.75, 3.05) is 0 Å². The van der Waals surface area contributed by atoms with E-state index in [-0.39, 0.29) is 5.56 Å². The number of carbonyl (C=O) groups is 1. The second-order valence-corrected chi connectivity index (χ2v) is 5.10. The standard InChI is InChI=1S/C17H11F3N2O2/c18-17(19,20)14-4-6-15(7-5-14)22-10-13(9-21-22)11-2-1-3-12(8-11)16(23)24/h1-10H,(H,23,24). The molecule has 1 N–H and O–H groups in total. The molecular formula is C17H11F3N2O2. The van der Waals surface area contributed by atoms with E-state index >= 15 is 0 Å². The van der Waals surface area contributed by atoms with E-state index in [4.69, 9.17) is 5.11 Å². The van der Waals surface area contributed by atoms with Crippen molar-refractivity contribution in [2.45, 2.75) is 6.18 Å². The van der Waals surface area contributed by atoms with Crippen LogP contribution in [0.4, 0.5) is 13.2 Å². The fourth-order valence-corrected chi connectivity index (χ4v) is 2.25. The van der Waals surface area contributed by atoms with Crippen molar-refractivity contribution in [2.24, 2.45) is 0 Å². The topological polar surface area (TPSA) is 55.1 Å². The number of carboxylic acid groups (broad SMARTS) is 1. The van der Waals surface area contributed by atoms with Crippen LogP contribution >= 0.6 is 0 Å². The minimum atomic E-state index is -4.38. The molecule has 3 aromatic rings. The molecule has 7 heteroatoms. The predicted molar refractivity (Wildman–Crippen MR) is 81.0 cm³/mol. The van der Waals surface area contributed by atoms with Crippen molar-refractivity contribution in [3.05, 3.63) is 72.1 Å². The molecule has 0 fully saturated rings. The number of alkyl halides is 3. The van der Waals surface area contributed by atoms with Gasteiger partial charge in [0.25, 0.3) is 0 Å². The maximum atomic E-state index is 12.6. The summed E-state index contributed by atoms with van der Waals surface area (Å²) in [5.41, 5.74) is 1.22. The number of halogens is 3. The summed E-state index contributed by atoms with van der Waals surface area (Å²) in [5, 5.41) is 13.1. The Morgan fingerprint density at radius 3 is 2.38 bits per heavy atom. The Bertz CT molecular complexity index is 883. The second-order valence-electron chi connectivity index (χ2n) is 5.10. The summed E-state index contributed by atoms with van der Waals surface area (Å²) >= 11 is 0. The summed E-state index contributed by atoms with van der Waals surface area (Å²) in [5.74, 6) is -1.04. The first kappa shape index (κ1) is 15.8. The van der Waals surface area contributed by atoms with Gasteiger partial charge >= 0.3 is 12.1 Å². The van der Waals surface area contributed by atoms with Crippen molar-refractivity contribution in [3.8, 4) is 16.8 Å². The third kappa shape index (κ3) is 3.15. The fourth-order valence-electron chi connectivity index (χ4n) is 2.25. The Morgan fingerprint density at radius 2 is 1.75 bits per heavy atom. The highest BCUT2D eigenvalue weighted by Crippen LogP contribution is 2.29. The highest BCUT2D eigenvalue weighted by Gasteiger charge is 2.30. The van der Waals surface area contributed by atoms with Gasteiger partial charge in [0.15, 0.2) is 0 Å². The van der Waals surface area contributed by atoms with Crippen molar-refractivity contribution in [1.29, 1.82) is 0 Å². The van der Waals surface area contributed by atoms with E-state index in [1.165, 1.54) is 35.1 Å². The first-order valence-electron chi connectivity index (χ1n) is 6.90. The molecule has 0 aliphatic carbocycles. The average molecular weight is 332 g/mol. The smallest absolute Gasteiger partial charge is 0.416 e. The summed E-state index contributed by atoms with van der Waals surface area (Å²) in [6.07, 6.45) is -1.23. The molecule has 0 aliphatic heterocycles. The Balaban J connectivity index is 1.91. The normalized spacial score (nSPS) is 11.5. The molecule has 0 unspecified atom stereocenters. The van der Waals surface area contributed by atoms with Gasteiger partial charge in [-0.2, -0.15) is 18.3 Å². The second kappa shape index (κ2) is 5.84. The number of hydrogen-bond acceptors (Lipinski definition) is 2. The van der Waals surface area contributed by atoms with E-state index in [1.807, 2.05) is 0 Å². The first-order chi connectivity index (χ1) is 11.3. The van der Waals surface area contributed by atoms with Gasteiger partial charge in [-0.15, -0.1) is 0 Å². The summed E-state index contributed by atoms with van der Waals surface area (Å²) in [6, 6.07) is 11.0. The van der Waals surface area contributed by atoms with Crippen molar-refractivity contribution in [1.82, 2.24) is 9.78 Å². The molecule has 0 radical (unpaired) electrons. The molecule has 122 valence electrons. The number of hydrogen-bond donors (Lipinski definition) is 1. The molecular weight excluding hydrogens is 321 g/mol. The lowest BCUT2D eigenvalue weighted by atomic mass is 10.1. The van der Waals surface area contributed by atoms with Gasteiger partial charge in [0, 0.05) is 11.8 Å². The highest BCUT2D eigenvalue weighted by molar-refractivity contribution is 5.89. The summed E-state index contributed by atoms with van der Waals surface area (Å²) in [6.45, 7) is 0. The molecule has 0 saturated heterocycles. The zero-order valence-electron chi connectivity index (χ0n) is 12.2. The number of rotatable bonds is 3. The Hall–Kier alpha value is -3.09. The van der Waals surface area contributed by atoms with E-state index < -0.39 is 17.7 Å². The largest absolute Gasteiger partial charge is 0.478 e. The molecule has 3 rings (SSSR count). The molecule has 1 aromatic heterocycles. The lowest BCUT2D eigenvalue weighted by molar-refractivity contribution is -0.137. The summed E-state index contributed by atoms with van der Waals surface area (Å²) in [7, 11) is 0. The Morgan fingerprint density at radius 1 is 1.04 bits per heavy atom. The van der Waals surface area contributed by atoms with E-state index in [2.05, 4.69) is 5.10 Å². The van der Waals surface area contributed by atoms with E-state index in [0.29, 0.717) is 16.8 Å². The lowest BCUT2D eigenvalue weighted by Crippen LogP contribution is -2.05. The highest BCUT2D eigenvalue weighted by atomic mass is 19.4. The maximum absolute atomic E-state index is 12.6. The van der Waals surface area contributed by atoms with Gasteiger partial charge in [-0.1, -0.05) is 12.1 Å². The van der Waals surface area contributed by atoms with Crippen LogP contribution in [0.2, 0.25) is 0 Å². The average Bonchev–Trinajstić information content (AvgIpc) is 3.04. The Labute approximate surface area is 134 Å². The quantitative estimate of drug-likeness (QED) is 0.780. The van der Waals surface area contributed by atoms with Gasteiger partial charge in [0.2, 0.25) is 0 Å². The van der Waals surface area contributed by atoms with Crippen LogP contribution in [0.15, 0.2) is 60.9 Å². The summed E-state index contributed by atoms with van der Waals surface area (Å²) < 4.78 is 39.2. The number of carboxylic acids is 1. The molecule has 2 aromatic carbocycles. The Kier molecular flexibility index (Phi) is 3.84. The van der Waals surface area contributed by atoms with Crippen LogP contribution in [0.5, 0.6) is 0 Å². The third-order valence-corrected chi connectivity index (χ3v) is 3.48. The van der Waals surface area contributed by atoms with Crippen LogP contribution in [-0.4, -0.2) is 20.9 Å². The minimum absolute atomic E-state index is 0.148. The molecule has 4 nitrogen and oxygen atoms in total. The van der Waals surface area contributed by atoms with E-state index in [9.17, 15) is 18.0 Å². The number of nitrogens with zero attached hydrogens (tertiary/aromatic N) is 2. The minimum Gasteiger partial charge on any atom is -0.478 e. The fraction of sp³-hybridized carbons (Fsp3) is 0.0588. The zero-order valence-corrected chi connectivity index (χ0v) is 12.2. The van der Waals surface area contributed by atoms with Crippen molar-refractivity contribution < 1.29 is 23.1 Å². The van der Waals surface area contributed by atoms with Crippen LogP contribution in [-0.2, 0) is 6.18 Å². The van der Waals surface area contributed by atoms with E-state index in [1.54, 1.807) is 18.3 Å². The van der Waals surface area contributed by atoms with Gasteiger partial charge in [0.05, 0.1) is 23.0 Å². The van der Waals surface area contributed by atoms with Crippen LogP contribution in [0, 0.1) is 0 Å². The van der Waals surface area contributed by atoms with Crippen LogP contribution in [0.25, 0.3) is 16.8 Å². The van der Waals surface area contributed by atoms with Crippen molar-refractivity contribution in [3.63, 3.8) is 0 Å².